The maximum absolute atomic E-state index is 3.39. The van der Waals surface area contributed by atoms with Crippen LogP contribution in [0, 0.1) is 26.0 Å². The fourth-order valence-electron chi connectivity index (χ4n) is 2.36. The normalized spacial score (nSPS) is 10.2. The van der Waals surface area contributed by atoms with E-state index in [4.69, 9.17) is 0 Å². The molecular weight excluding hydrogens is 305 g/mol. The molecule has 0 N–H and O–H groups in total. The Morgan fingerprint density at radius 3 is 2.53 bits per heavy atom. The van der Waals surface area contributed by atoms with E-state index >= 15 is 0 Å². The van der Waals surface area contributed by atoms with Crippen LogP contribution in [0.2, 0.25) is 0 Å². The van der Waals surface area contributed by atoms with Gasteiger partial charge in [0.15, 0.2) is 0 Å². The molecule has 0 unspecified atom stereocenters. The van der Waals surface area contributed by atoms with Crippen LogP contribution in [0.15, 0.2) is 48.5 Å². The van der Waals surface area contributed by atoms with Crippen molar-refractivity contribution < 1.29 is 32.7 Å². The van der Waals surface area contributed by atoms with Gasteiger partial charge < -0.3 is 0 Å². The molecule has 0 nitrogen and oxygen atoms in total. The fourth-order valence-corrected chi connectivity index (χ4v) is 2.36. The summed E-state index contributed by atoms with van der Waals surface area (Å²) in [5, 5.41) is 2.53. The van der Waals surface area contributed by atoms with Crippen molar-refractivity contribution in [2.75, 3.05) is 0 Å². The van der Waals surface area contributed by atoms with E-state index in [-0.39, 0.29) is 32.7 Å². The molecule has 0 fully saturated rings. The van der Waals surface area contributed by atoms with Gasteiger partial charge in [0.05, 0.1) is 0 Å². The zero-order valence-electron chi connectivity index (χ0n) is 11.2. The molecule has 0 atom stereocenters. The molecular formula is C18H14Y-2. The van der Waals surface area contributed by atoms with Gasteiger partial charge in [0.2, 0.25) is 0 Å². The van der Waals surface area contributed by atoms with Crippen LogP contribution in [0.4, 0.5) is 0 Å². The third-order valence-corrected chi connectivity index (χ3v) is 3.34. The fraction of sp³-hybridized carbons (Fsp3) is 0.111. The Labute approximate surface area is 139 Å². The summed E-state index contributed by atoms with van der Waals surface area (Å²) in [6, 6.07) is 23.4. The molecule has 91 valence electrons. The van der Waals surface area contributed by atoms with Gasteiger partial charge >= 0.3 is 0 Å². The van der Waals surface area contributed by atoms with E-state index in [1.807, 2.05) is 6.07 Å². The molecule has 0 amide bonds. The molecule has 0 aliphatic heterocycles. The molecule has 3 aromatic carbocycles. The minimum absolute atomic E-state index is 0. The Hall–Kier alpha value is -0.976. The van der Waals surface area contributed by atoms with Gasteiger partial charge in [0.25, 0.3) is 0 Å². The average Bonchev–Trinajstić information content (AvgIpc) is 2.39. The van der Waals surface area contributed by atoms with E-state index in [1.54, 1.807) is 0 Å². The van der Waals surface area contributed by atoms with Gasteiger partial charge in [-0.05, 0) is 0 Å². The van der Waals surface area contributed by atoms with Crippen LogP contribution in [-0.4, -0.2) is 0 Å². The minimum atomic E-state index is 0. The molecule has 1 heteroatoms. The summed E-state index contributed by atoms with van der Waals surface area (Å²) in [5.74, 6) is 0. The monoisotopic (exact) mass is 319 g/mol. The first-order chi connectivity index (χ1) is 8.75. The van der Waals surface area contributed by atoms with Crippen molar-refractivity contribution in [3.8, 4) is 11.1 Å². The summed E-state index contributed by atoms with van der Waals surface area (Å²) in [4.78, 5) is 0. The second kappa shape index (κ2) is 5.99. The molecule has 0 aliphatic carbocycles. The van der Waals surface area contributed by atoms with E-state index < -0.39 is 0 Å². The van der Waals surface area contributed by atoms with Crippen molar-refractivity contribution in [3.63, 3.8) is 0 Å². The first kappa shape index (κ1) is 14.4. The summed E-state index contributed by atoms with van der Waals surface area (Å²) in [5.41, 5.74) is 4.80. The Bertz CT molecular complexity index is 714. The van der Waals surface area contributed by atoms with Crippen molar-refractivity contribution in [2.45, 2.75) is 13.8 Å². The largest absolute Gasteiger partial charge is 0.226 e. The number of aryl methyl sites for hydroxylation is 2. The van der Waals surface area contributed by atoms with Gasteiger partial charge in [-0.1, -0.05) is 38.1 Å². The molecule has 0 heterocycles. The summed E-state index contributed by atoms with van der Waals surface area (Å²) >= 11 is 0. The smallest absolute Gasteiger partial charge is 0 e. The average molecular weight is 319 g/mol. The number of hydrogen-bond acceptors (Lipinski definition) is 0. The predicted octanol–water partition coefficient (Wildman–Crippen LogP) is 4.72. The van der Waals surface area contributed by atoms with Crippen LogP contribution >= 0.6 is 0 Å². The molecule has 0 saturated heterocycles. The summed E-state index contributed by atoms with van der Waals surface area (Å²) < 4.78 is 0. The molecule has 0 spiro atoms. The summed E-state index contributed by atoms with van der Waals surface area (Å²) in [6.07, 6.45) is 0. The molecule has 0 aliphatic rings. The molecule has 19 heavy (non-hydrogen) atoms. The summed E-state index contributed by atoms with van der Waals surface area (Å²) in [6.45, 7) is 4.26. The van der Waals surface area contributed by atoms with Crippen molar-refractivity contribution >= 4 is 10.8 Å². The zero-order valence-corrected chi connectivity index (χ0v) is 14.0. The molecule has 0 aromatic heterocycles. The molecule has 3 rings (SSSR count). The van der Waals surface area contributed by atoms with Crippen molar-refractivity contribution in [1.29, 1.82) is 0 Å². The second-order valence-electron chi connectivity index (χ2n) is 4.66. The molecule has 1 radical (unpaired) electrons. The van der Waals surface area contributed by atoms with E-state index in [2.05, 4.69) is 68.4 Å². The number of fused-ring (bicyclic) bond motifs is 1. The van der Waals surface area contributed by atoms with E-state index in [1.165, 1.54) is 21.9 Å². The maximum Gasteiger partial charge on any atom is 0 e. The first-order valence-electron chi connectivity index (χ1n) is 6.14. The SMILES string of the molecule is Cc1cc[c-]c(-c2[c-]cc3ccccc3c2C)c1.[Y]. The van der Waals surface area contributed by atoms with Crippen molar-refractivity contribution in [3.05, 3.63) is 71.8 Å². The van der Waals surface area contributed by atoms with Crippen LogP contribution in [0.5, 0.6) is 0 Å². The minimum Gasteiger partial charge on any atom is -0.226 e. The van der Waals surface area contributed by atoms with Gasteiger partial charge in [-0.25, -0.2) is 11.1 Å². The topological polar surface area (TPSA) is 0 Å². The second-order valence-corrected chi connectivity index (χ2v) is 4.66. The third kappa shape index (κ3) is 2.80. The van der Waals surface area contributed by atoms with Gasteiger partial charge in [-0.3, -0.25) is 0 Å². The van der Waals surface area contributed by atoms with Crippen molar-refractivity contribution in [2.24, 2.45) is 0 Å². The first-order valence-corrected chi connectivity index (χ1v) is 6.14. The Morgan fingerprint density at radius 1 is 0.947 bits per heavy atom. The van der Waals surface area contributed by atoms with Gasteiger partial charge in [0.1, 0.15) is 0 Å². The van der Waals surface area contributed by atoms with Crippen LogP contribution in [0.3, 0.4) is 0 Å². The standard InChI is InChI=1S/C18H14.Y/c1-13-6-5-8-16(12-13)18-11-10-15-7-3-4-9-17(15)14(18)2;/h3-7,9-10,12H,1-2H3;/q-2;. The van der Waals surface area contributed by atoms with Crippen molar-refractivity contribution in [1.82, 2.24) is 0 Å². The molecule has 3 aromatic rings. The van der Waals surface area contributed by atoms with Gasteiger partial charge in [-0.2, -0.15) is 29.8 Å². The predicted molar refractivity (Wildman–Crippen MR) is 76.5 cm³/mol. The number of rotatable bonds is 1. The van der Waals surface area contributed by atoms with Crippen LogP contribution < -0.4 is 0 Å². The van der Waals surface area contributed by atoms with Gasteiger partial charge in [0, 0.05) is 32.7 Å². The van der Waals surface area contributed by atoms with E-state index in [0.717, 1.165) is 11.1 Å². The van der Waals surface area contributed by atoms with Crippen LogP contribution in [-0.2, 0) is 32.7 Å². The number of hydrogen-bond donors (Lipinski definition) is 0. The molecule has 0 bridgehead atoms. The zero-order chi connectivity index (χ0) is 12.5. The molecule has 0 saturated carbocycles. The third-order valence-electron chi connectivity index (χ3n) is 3.34. The number of benzene rings is 3. The van der Waals surface area contributed by atoms with Crippen LogP contribution in [0.1, 0.15) is 11.1 Å². The van der Waals surface area contributed by atoms with E-state index in [9.17, 15) is 0 Å². The maximum atomic E-state index is 3.39. The Morgan fingerprint density at radius 2 is 1.74 bits per heavy atom. The Balaban J connectivity index is 0.00000133. The van der Waals surface area contributed by atoms with Gasteiger partial charge in [-0.15, -0.1) is 28.5 Å². The quantitative estimate of drug-likeness (QED) is 0.569. The van der Waals surface area contributed by atoms with E-state index in [0.29, 0.717) is 0 Å². The Kier molecular flexibility index (Phi) is 4.55. The van der Waals surface area contributed by atoms with Crippen LogP contribution in [0.25, 0.3) is 21.9 Å². The summed E-state index contributed by atoms with van der Waals surface area (Å²) in [7, 11) is 0.